The normalized spacial score (nSPS) is 33.0. The van der Waals surface area contributed by atoms with E-state index < -0.39 is 0 Å². The van der Waals surface area contributed by atoms with E-state index >= 15 is 0 Å². The molecule has 4 aromatic carbocycles. The topological polar surface area (TPSA) is 0 Å². The smallest absolute Gasteiger partial charge is 0.0420 e. The molecule has 0 heteroatoms. The Hall–Kier alpha value is -3.90. The van der Waals surface area contributed by atoms with Gasteiger partial charge in [-0.15, -0.1) is 0 Å². The third-order valence-corrected chi connectivity index (χ3v) is 15.5. The van der Waals surface area contributed by atoms with Crippen molar-refractivity contribution in [2.45, 2.75) is 121 Å². The molecule has 0 saturated carbocycles. The molecule has 4 bridgehead atoms. The summed E-state index contributed by atoms with van der Waals surface area (Å²) in [6.07, 6.45) is 5.35. The first-order valence-electron chi connectivity index (χ1n) is 19.0. The molecule has 248 valence electrons. The van der Waals surface area contributed by atoms with Crippen LogP contribution in [0.5, 0.6) is 0 Å². The van der Waals surface area contributed by atoms with Gasteiger partial charge in [0.1, 0.15) is 0 Å². The van der Waals surface area contributed by atoms with Crippen LogP contribution in [0.4, 0.5) is 0 Å². The Labute approximate surface area is 295 Å². The summed E-state index contributed by atoms with van der Waals surface area (Å²) in [5.74, 6) is 2.75. The molecule has 1 spiro atoms. The van der Waals surface area contributed by atoms with Crippen LogP contribution in [-0.4, -0.2) is 0 Å². The van der Waals surface area contributed by atoms with E-state index in [2.05, 4.69) is 152 Å². The molecule has 49 heavy (non-hydrogen) atoms. The van der Waals surface area contributed by atoms with E-state index in [1.807, 2.05) is 0 Å². The fraction of sp³-hybridized carbons (Fsp3) is 0.388. The molecule has 9 aliphatic rings. The zero-order valence-electron chi connectivity index (χ0n) is 30.9. The van der Waals surface area contributed by atoms with E-state index in [0.29, 0.717) is 28.1 Å². The van der Waals surface area contributed by atoms with Crippen molar-refractivity contribution in [1.29, 1.82) is 0 Å². The van der Waals surface area contributed by atoms with Crippen LogP contribution in [0.25, 0.3) is 0 Å². The SMILES string of the molecule is CC1=C(C)C2(C)CCC1(C)c1ccccc12.CC1=C(C)C2CCC1c1ccccc12.CC1=C(C)C2c3ccccc3C23c2ccccc2C13. The Bertz CT molecular complexity index is 2000. The van der Waals surface area contributed by atoms with Gasteiger partial charge in [-0.1, -0.05) is 144 Å². The molecule has 0 amide bonds. The second kappa shape index (κ2) is 10.6. The zero-order valence-corrected chi connectivity index (χ0v) is 30.9. The van der Waals surface area contributed by atoms with E-state index in [4.69, 9.17) is 0 Å². The zero-order chi connectivity index (χ0) is 34.0. The van der Waals surface area contributed by atoms with Gasteiger partial charge in [0.2, 0.25) is 0 Å². The average Bonchev–Trinajstić information content (AvgIpc) is 3.28. The quantitative estimate of drug-likeness (QED) is 0.168. The molecular formula is C49H52. The van der Waals surface area contributed by atoms with E-state index in [1.54, 1.807) is 77.9 Å². The van der Waals surface area contributed by atoms with Gasteiger partial charge < -0.3 is 0 Å². The summed E-state index contributed by atoms with van der Waals surface area (Å²) < 4.78 is 0. The summed E-state index contributed by atoms with van der Waals surface area (Å²) in [4.78, 5) is 0. The molecule has 9 aliphatic carbocycles. The molecule has 0 saturated heterocycles. The average molecular weight is 641 g/mol. The number of hydrogen-bond acceptors (Lipinski definition) is 0. The van der Waals surface area contributed by atoms with Crippen LogP contribution in [0, 0.1) is 0 Å². The van der Waals surface area contributed by atoms with Gasteiger partial charge in [0.05, 0.1) is 0 Å². The number of rotatable bonds is 0. The molecule has 4 aromatic rings. The van der Waals surface area contributed by atoms with Gasteiger partial charge in [0, 0.05) is 39.9 Å². The standard InChI is InChI=1S/C19H16.C16H20.C14H16/c1-11-12(2)18-14-8-4-6-10-16(14)19(18)15-9-5-3-7-13(15)17(11)19;1-11-12(2)16(4)10-9-15(11,3)13-7-5-6-8-14(13)16;1-9-10(2)12-8-7-11(9)13-5-3-4-6-14(12)13/h3-10,17-18H,1-2H3;5-8H,9-10H2,1-4H3;3-6,11-12H,7-8H2,1-2H3. The van der Waals surface area contributed by atoms with Gasteiger partial charge in [0.25, 0.3) is 0 Å². The second-order valence-corrected chi connectivity index (χ2v) is 16.9. The minimum absolute atomic E-state index is 0.304. The predicted molar refractivity (Wildman–Crippen MR) is 206 cm³/mol. The Morgan fingerprint density at radius 3 is 1.12 bits per heavy atom. The van der Waals surface area contributed by atoms with E-state index in [9.17, 15) is 0 Å². The fourth-order valence-electron chi connectivity index (χ4n) is 12.2. The van der Waals surface area contributed by atoms with E-state index in [1.165, 1.54) is 25.7 Å². The highest BCUT2D eigenvalue weighted by Gasteiger charge is 2.68. The molecule has 0 heterocycles. The third-order valence-electron chi connectivity index (χ3n) is 15.5. The van der Waals surface area contributed by atoms with Crippen molar-refractivity contribution in [3.8, 4) is 0 Å². The molecular weight excluding hydrogens is 589 g/mol. The summed E-state index contributed by atoms with van der Waals surface area (Å²) in [6.45, 7) is 18.8. The van der Waals surface area contributed by atoms with Crippen molar-refractivity contribution in [3.05, 3.63) is 175 Å². The maximum Gasteiger partial charge on any atom is 0.0420 e. The Morgan fingerprint density at radius 1 is 0.408 bits per heavy atom. The number of allylic oxidation sites excluding steroid dienone is 6. The lowest BCUT2D eigenvalue weighted by atomic mass is 9.42. The van der Waals surface area contributed by atoms with Crippen LogP contribution in [-0.2, 0) is 16.2 Å². The summed E-state index contributed by atoms with van der Waals surface area (Å²) in [5, 5.41) is 0. The molecule has 0 fully saturated rings. The maximum absolute atomic E-state index is 2.42. The van der Waals surface area contributed by atoms with Crippen LogP contribution in [0.1, 0.15) is 149 Å². The molecule has 0 aromatic heterocycles. The van der Waals surface area contributed by atoms with Crippen molar-refractivity contribution in [3.63, 3.8) is 0 Å². The summed E-state index contributed by atoms with van der Waals surface area (Å²) in [7, 11) is 0. The number of fused-ring (bicyclic) bond motifs is 6. The molecule has 6 atom stereocenters. The summed E-state index contributed by atoms with van der Waals surface area (Å²) in [5.41, 5.74) is 23.3. The summed E-state index contributed by atoms with van der Waals surface area (Å²) in [6, 6.07) is 36.2. The van der Waals surface area contributed by atoms with Crippen LogP contribution in [0.2, 0.25) is 0 Å². The van der Waals surface area contributed by atoms with E-state index in [-0.39, 0.29) is 0 Å². The van der Waals surface area contributed by atoms with Crippen LogP contribution in [0.3, 0.4) is 0 Å². The van der Waals surface area contributed by atoms with Gasteiger partial charge in [-0.3, -0.25) is 0 Å². The van der Waals surface area contributed by atoms with Crippen LogP contribution in [0.15, 0.2) is 131 Å². The first-order chi connectivity index (χ1) is 23.6. The van der Waals surface area contributed by atoms with Gasteiger partial charge >= 0.3 is 0 Å². The fourth-order valence-corrected chi connectivity index (χ4v) is 12.2. The van der Waals surface area contributed by atoms with Crippen molar-refractivity contribution >= 4 is 0 Å². The highest BCUT2D eigenvalue weighted by Crippen LogP contribution is 2.76. The third kappa shape index (κ3) is 3.76. The lowest BCUT2D eigenvalue weighted by Crippen LogP contribution is -2.52. The van der Waals surface area contributed by atoms with Crippen molar-refractivity contribution in [1.82, 2.24) is 0 Å². The van der Waals surface area contributed by atoms with E-state index in [0.717, 1.165) is 11.8 Å². The maximum atomic E-state index is 2.42. The Balaban J connectivity index is 0.000000101. The molecule has 0 N–H and O–H groups in total. The molecule has 0 radical (unpaired) electrons. The highest BCUT2D eigenvalue weighted by molar-refractivity contribution is 5.77. The summed E-state index contributed by atoms with van der Waals surface area (Å²) >= 11 is 0. The van der Waals surface area contributed by atoms with Gasteiger partial charge in [-0.05, 0) is 112 Å². The lowest BCUT2D eigenvalue weighted by molar-refractivity contribution is 0.317. The largest absolute Gasteiger partial charge is 0.0663 e. The monoisotopic (exact) mass is 640 g/mol. The minimum Gasteiger partial charge on any atom is -0.0663 e. The van der Waals surface area contributed by atoms with Crippen LogP contribution >= 0.6 is 0 Å². The lowest BCUT2D eigenvalue weighted by Gasteiger charge is -2.59. The van der Waals surface area contributed by atoms with Crippen LogP contribution < -0.4 is 0 Å². The minimum atomic E-state index is 0.304. The first kappa shape index (κ1) is 31.1. The Kier molecular flexibility index (Phi) is 6.70. The number of hydrogen-bond donors (Lipinski definition) is 0. The second-order valence-electron chi connectivity index (χ2n) is 16.9. The first-order valence-corrected chi connectivity index (χ1v) is 19.0. The highest BCUT2D eigenvalue weighted by atomic mass is 14.7. The Morgan fingerprint density at radius 2 is 0.735 bits per heavy atom. The van der Waals surface area contributed by atoms with Gasteiger partial charge in [-0.2, -0.15) is 0 Å². The number of benzene rings is 4. The van der Waals surface area contributed by atoms with Gasteiger partial charge in [0.15, 0.2) is 0 Å². The predicted octanol–water partition coefficient (Wildman–Crippen LogP) is 12.9. The van der Waals surface area contributed by atoms with Crippen molar-refractivity contribution in [2.24, 2.45) is 0 Å². The molecule has 0 nitrogen and oxygen atoms in total. The molecule has 0 aliphatic heterocycles. The molecule has 13 rings (SSSR count). The van der Waals surface area contributed by atoms with Gasteiger partial charge in [-0.25, -0.2) is 0 Å². The molecule has 6 unspecified atom stereocenters. The van der Waals surface area contributed by atoms with Crippen molar-refractivity contribution in [2.75, 3.05) is 0 Å². The van der Waals surface area contributed by atoms with Crippen molar-refractivity contribution < 1.29 is 0 Å².